The number of nitrogens with one attached hydrogen (secondary N) is 1. The molecule has 1 N–H and O–H groups in total. The molecule has 1 saturated heterocycles. The lowest BCUT2D eigenvalue weighted by atomic mass is 10.1. The molecule has 1 amide bonds. The Hall–Kier alpha value is -0.610. The Morgan fingerprint density at radius 2 is 1.82 bits per heavy atom. The molecule has 1 aromatic rings. The van der Waals surface area contributed by atoms with Gasteiger partial charge in [0.05, 0.1) is 4.58 Å². The van der Waals surface area contributed by atoms with Gasteiger partial charge in [-0.3, -0.25) is 4.79 Å². The van der Waals surface area contributed by atoms with Crippen LogP contribution in [0, 0.1) is 0 Å². The van der Waals surface area contributed by atoms with Crippen molar-refractivity contribution in [2.75, 3.05) is 11.5 Å². The van der Waals surface area contributed by atoms with E-state index in [1.54, 1.807) is 0 Å². The Kier molecular flexibility index (Phi) is 4.40. The summed E-state index contributed by atoms with van der Waals surface area (Å²) in [5.74, 6) is 2.47. The molecule has 4 heteroatoms. The molecule has 0 atom stereocenters. The van der Waals surface area contributed by atoms with Crippen LogP contribution in [0.5, 0.6) is 0 Å². The third kappa shape index (κ3) is 3.42. The zero-order valence-electron chi connectivity index (χ0n) is 10.1. The molecule has 0 bridgehead atoms. The average molecular weight is 267 g/mol. The standard InChI is InChI=1S/C13H17NOS2/c1-9(2)14-12(15)10-3-5-11(6-4-10)13-16-7-8-17-13/h3-6,9,13H,7-8H2,1-2H3,(H,14,15). The van der Waals surface area contributed by atoms with E-state index in [-0.39, 0.29) is 11.9 Å². The number of hydrogen-bond donors (Lipinski definition) is 1. The topological polar surface area (TPSA) is 29.1 Å². The molecule has 2 rings (SSSR count). The zero-order valence-corrected chi connectivity index (χ0v) is 11.7. The number of benzene rings is 1. The summed E-state index contributed by atoms with van der Waals surface area (Å²) in [6.45, 7) is 3.94. The van der Waals surface area contributed by atoms with E-state index >= 15 is 0 Å². The summed E-state index contributed by atoms with van der Waals surface area (Å²) in [4.78, 5) is 11.8. The van der Waals surface area contributed by atoms with Crippen molar-refractivity contribution in [1.82, 2.24) is 5.32 Å². The minimum absolute atomic E-state index is 0.0123. The number of carbonyl (C=O) groups is 1. The molecule has 17 heavy (non-hydrogen) atoms. The van der Waals surface area contributed by atoms with Gasteiger partial charge in [-0.1, -0.05) is 12.1 Å². The van der Waals surface area contributed by atoms with Crippen LogP contribution in [-0.4, -0.2) is 23.5 Å². The van der Waals surface area contributed by atoms with Crippen LogP contribution in [0.1, 0.15) is 34.4 Å². The molecule has 0 unspecified atom stereocenters. The maximum absolute atomic E-state index is 11.8. The van der Waals surface area contributed by atoms with Gasteiger partial charge in [0.15, 0.2) is 0 Å². The second-order valence-electron chi connectivity index (χ2n) is 4.32. The lowest BCUT2D eigenvalue weighted by Gasteiger charge is -2.11. The van der Waals surface area contributed by atoms with E-state index in [4.69, 9.17) is 0 Å². The van der Waals surface area contributed by atoms with Gasteiger partial charge in [0.2, 0.25) is 0 Å². The van der Waals surface area contributed by atoms with Gasteiger partial charge in [0, 0.05) is 23.1 Å². The lowest BCUT2D eigenvalue weighted by Crippen LogP contribution is -2.29. The van der Waals surface area contributed by atoms with Gasteiger partial charge in [-0.25, -0.2) is 0 Å². The summed E-state index contributed by atoms with van der Waals surface area (Å²) in [5.41, 5.74) is 2.06. The van der Waals surface area contributed by atoms with E-state index in [2.05, 4.69) is 17.4 Å². The maximum atomic E-state index is 11.8. The van der Waals surface area contributed by atoms with E-state index in [0.717, 1.165) is 5.56 Å². The summed E-state index contributed by atoms with van der Waals surface area (Å²) in [7, 11) is 0. The fourth-order valence-electron chi connectivity index (χ4n) is 1.69. The van der Waals surface area contributed by atoms with Crippen molar-refractivity contribution in [3.05, 3.63) is 35.4 Å². The minimum Gasteiger partial charge on any atom is -0.350 e. The van der Waals surface area contributed by atoms with E-state index in [9.17, 15) is 4.79 Å². The molecular formula is C13H17NOS2. The lowest BCUT2D eigenvalue weighted by molar-refractivity contribution is 0.0943. The van der Waals surface area contributed by atoms with Crippen LogP contribution in [0.2, 0.25) is 0 Å². The smallest absolute Gasteiger partial charge is 0.251 e. The number of rotatable bonds is 3. The second-order valence-corrected chi connectivity index (χ2v) is 7.05. The van der Waals surface area contributed by atoms with Crippen molar-refractivity contribution < 1.29 is 4.79 Å². The van der Waals surface area contributed by atoms with Crippen LogP contribution in [-0.2, 0) is 0 Å². The van der Waals surface area contributed by atoms with Gasteiger partial charge >= 0.3 is 0 Å². The van der Waals surface area contributed by atoms with Crippen LogP contribution in [0.25, 0.3) is 0 Å². The summed E-state index contributed by atoms with van der Waals surface area (Å²) in [5, 5.41) is 2.90. The molecule has 0 saturated carbocycles. The quantitative estimate of drug-likeness (QED) is 0.911. The Morgan fingerprint density at radius 3 is 2.35 bits per heavy atom. The molecule has 1 fully saturated rings. The summed E-state index contributed by atoms with van der Waals surface area (Å²) in [6, 6.07) is 8.18. The van der Waals surface area contributed by atoms with E-state index < -0.39 is 0 Å². The molecule has 92 valence electrons. The van der Waals surface area contributed by atoms with Gasteiger partial charge in [0.25, 0.3) is 5.91 Å². The van der Waals surface area contributed by atoms with Crippen LogP contribution in [0.3, 0.4) is 0 Å². The highest BCUT2D eigenvalue weighted by molar-refractivity contribution is 8.19. The van der Waals surface area contributed by atoms with Gasteiger partial charge in [-0.15, -0.1) is 23.5 Å². The fraction of sp³-hybridized carbons (Fsp3) is 0.462. The predicted octanol–water partition coefficient (Wildman–Crippen LogP) is 3.30. The third-order valence-electron chi connectivity index (χ3n) is 2.49. The van der Waals surface area contributed by atoms with Crippen molar-refractivity contribution in [2.24, 2.45) is 0 Å². The van der Waals surface area contributed by atoms with Crippen molar-refractivity contribution in [1.29, 1.82) is 0 Å². The molecule has 0 radical (unpaired) electrons. The molecule has 1 aromatic carbocycles. The normalized spacial score (nSPS) is 16.4. The van der Waals surface area contributed by atoms with Crippen LogP contribution in [0.4, 0.5) is 0 Å². The highest BCUT2D eigenvalue weighted by Gasteiger charge is 2.18. The molecule has 0 aromatic heterocycles. The van der Waals surface area contributed by atoms with Crippen molar-refractivity contribution >= 4 is 29.4 Å². The summed E-state index contributed by atoms with van der Waals surface area (Å²) < 4.78 is 0.553. The zero-order chi connectivity index (χ0) is 12.3. The van der Waals surface area contributed by atoms with Gasteiger partial charge in [0.1, 0.15) is 0 Å². The van der Waals surface area contributed by atoms with Crippen molar-refractivity contribution in [3.8, 4) is 0 Å². The number of amides is 1. The van der Waals surface area contributed by atoms with Gasteiger partial charge in [-0.05, 0) is 31.5 Å². The van der Waals surface area contributed by atoms with Crippen molar-refractivity contribution in [2.45, 2.75) is 24.5 Å². The molecule has 0 spiro atoms. The Labute approximate surface area is 111 Å². The first-order valence-electron chi connectivity index (χ1n) is 5.81. The first-order valence-corrected chi connectivity index (χ1v) is 7.90. The predicted molar refractivity (Wildman–Crippen MR) is 76.7 cm³/mol. The number of carbonyl (C=O) groups excluding carboxylic acids is 1. The van der Waals surface area contributed by atoms with Crippen LogP contribution < -0.4 is 5.32 Å². The SMILES string of the molecule is CC(C)NC(=O)c1ccc(C2SCCS2)cc1. The highest BCUT2D eigenvalue weighted by Crippen LogP contribution is 2.45. The van der Waals surface area contributed by atoms with Crippen LogP contribution >= 0.6 is 23.5 Å². The van der Waals surface area contributed by atoms with E-state index in [0.29, 0.717) is 4.58 Å². The second kappa shape index (κ2) is 5.83. The largest absolute Gasteiger partial charge is 0.350 e. The third-order valence-corrected chi connectivity index (χ3v) is 5.59. The van der Waals surface area contributed by atoms with Gasteiger partial charge in [-0.2, -0.15) is 0 Å². The molecular weight excluding hydrogens is 250 g/mol. The number of hydrogen-bond acceptors (Lipinski definition) is 3. The molecule has 1 heterocycles. The average Bonchev–Trinajstić information content (AvgIpc) is 2.82. The first-order chi connectivity index (χ1) is 8.16. The molecule has 0 aliphatic carbocycles. The maximum Gasteiger partial charge on any atom is 0.251 e. The molecule has 2 nitrogen and oxygen atoms in total. The molecule has 1 aliphatic heterocycles. The minimum atomic E-state index is 0.0123. The number of thioether (sulfide) groups is 2. The monoisotopic (exact) mass is 267 g/mol. The Bertz CT molecular complexity index is 383. The Morgan fingerprint density at radius 1 is 1.24 bits per heavy atom. The van der Waals surface area contributed by atoms with Crippen molar-refractivity contribution in [3.63, 3.8) is 0 Å². The summed E-state index contributed by atoms with van der Waals surface area (Å²) in [6.07, 6.45) is 0. The van der Waals surface area contributed by atoms with Gasteiger partial charge < -0.3 is 5.32 Å². The Balaban J connectivity index is 2.04. The van der Waals surface area contributed by atoms with E-state index in [1.807, 2.05) is 49.5 Å². The highest BCUT2D eigenvalue weighted by atomic mass is 32.2. The summed E-state index contributed by atoms with van der Waals surface area (Å²) >= 11 is 3.97. The van der Waals surface area contributed by atoms with Crippen LogP contribution in [0.15, 0.2) is 24.3 Å². The fourth-order valence-corrected chi connectivity index (χ4v) is 4.55. The van der Waals surface area contributed by atoms with E-state index in [1.165, 1.54) is 17.1 Å². The molecule has 1 aliphatic rings. The first kappa shape index (κ1) is 12.8.